The number of Topliss-reactive ketones (excluding diaryl/α,β-unsaturated/α-hetero) is 1. The van der Waals surface area contributed by atoms with E-state index in [-0.39, 0.29) is 56.5 Å². The first-order valence-corrected chi connectivity index (χ1v) is 14.3. The normalized spacial score (nSPS) is 25.2. The van der Waals surface area contributed by atoms with Gasteiger partial charge in [0.1, 0.15) is 23.4 Å². The van der Waals surface area contributed by atoms with Gasteiger partial charge in [-0.05, 0) is 43.9 Å². The third-order valence-electron chi connectivity index (χ3n) is 7.90. The van der Waals surface area contributed by atoms with Crippen LogP contribution >= 0.6 is 0 Å². The van der Waals surface area contributed by atoms with Gasteiger partial charge in [0.05, 0.1) is 38.9 Å². The van der Waals surface area contributed by atoms with Gasteiger partial charge in [0.2, 0.25) is 23.6 Å². The maximum atomic E-state index is 13.6. The van der Waals surface area contributed by atoms with E-state index in [0.29, 0.717) is 31.0 Å². The second kappa shape index (κ2) is 13.4. The van der Waals surface area contributed by atoms with Crippen LogP contribution in [0.5, 0.6) is 5.75 Å². The summed E-state index contributed by atoms with van der Waals surface area (Å²) in [4.78, 5) is 52.4. The van der Waals surface area contributed by atoms with Crippen molar-refractivity contribution in [3.05, 3.63) is 29.8 Å². The molecule has 1 saturated carbocycles. The Bertz CT molecular complexity index is 1130. The van der Waals surface area contributed by atoms with E-state index in [4.69, 9.17) is 14.2 Å². The van der Waals surface area contributed by atoms with Crippen molar-refractivity contribution in [1.29, 1.82) is 0 Å². The molecule has 4 rings (SSSR count). The summed E-state index contributed by atoms with van der Waals surface area (Å²) >= 11 is 0. The monoisotopic (exact) mass is 594 g/mol. The van der Waals surface area contributed by atoms with E-state index in [9.17, 15) is 28.0 Å². The minimum absolute atomic E-state index is 0.0485. The molecule has 232 valence electrons. The van der Waals surface area contributed by atoms with Crippen molar-refractivity contribution in [2.45, 2.75) is 81.7 Å². The molecule has 0 spiro atoms. The molecule has 1 aliphatic carbocycles. The second-order valence-electron chi connectivity index (χ2n) is 11.6. The number of methoxy groups -OCH3 is 1. The summed E-state index contributed by atoms with van der Waals surface area (Å²) in [5.41, 5.74) is -0.371. The maximum Gasteiger partial charge on any atom is 0.248 e. The number of hydrogen-bond donors (Lipinski definition) is 4. The zero-order chi connectivity index (χ0) is 30.5. The van der Waals surface area contributed by atoms with Gasteiger partial charge in [0, 0.05) is 32.4 Å². The molecule has 2 heterocycles. The van der Waals surface area contributed by atoms with Gasteiger partial charge in [0.15, 0.2) is 5.78 Å². The molecule has 11 nitrogen and oxygen atoms in total. The van der Waals surface area contributed by atoms with Crippen molar-refractivity contribution in [1.82, 2.24) is 21.3 Å². The first-order valence-electron chi connectivity index (χ1n) is 14.3. The van der Waals surface area contributed by atoms with Crippen molar-refractivity contribution in [2.75, 3.05) is 33.4 Å². The number of nitrogens with one attached hydrogen (secondary N) is 4. The van der Waals surface area contributed by atoms with Crippen LogP contribution in [0.3, 0.4) is 0 Å². The van der Waals surface area contributed by atoms with Crippen molar-refractivity contribution >= 4 is 23.5 Å². The maximum absolute atomic E-state index is 13.6. The van der Waals surface area contributed by atoms with Gasteiger partial charge >= 0.3 is 0 Å². The minimum Gasteiger partial charge on any atom is -0.497 e. The van der Waals surface area contributed by atoms with Gasteiger partial charge in [-0.3, -0.25) is 19.2 Å². The fraction of sp³-hybridized carbons (Fsp3) is 0.655. The number of epoxide rings is 1. The number of alkyl halides is 2. The number of benzene rings is 1. The van der Waals surface area contributed by atoms with Crippen molar-refractivity contribution < 1.29 is 42.2 Å². The van der Waals surface area contributed by atoms with Crippen LogP contribution in [0.2, 0.25) is 0 Å². The van der Waals surface area contributed by atoms with Gasteiger partial charge in [0.25, 0.3) is 0 Å². The number of ketones is 1. The second-order valence-corrected chi connectivity index (χ2v) is 11.6. The molecule has 2 saturated heterocycles. The standard InChI is InChI=1S/C29H40F2N4O7/c1-17(33-24(36)12-21-15-32-8-9-41-21)26(38)35-23(10-18-4-6-20(40-3)7-5-18)27(39)34-22(25(37)28(2)16-42-28)11-19-13-29(30,31)14-19/h4-7,17,19,21-23,32H,8-16H2,1-3H3,(H,33,36)(H,34,39)(H,35,38)/t17-,21?,22-,23-,28+/m0/s1. The van der Waals surface area contributed by atoms with Crippen molar-refractivity contribution in [3.8, 4) is 5.75 Å². The molecule has 1 aromatic rings. The number of carbonyl (C=O) groups is 4. The molecule has 4 N–H and O–H groups in total. The largest absolute Gasteiger partial charge is 0.497 e. The third-order valence-corrected chi connectivity index (χ3v) is 7.90. The van der Waals surface area contributed by atoms with Gasteiger partial charge in [-0.1, -0.05) is 12.1 Å². The molecule has 13 heteroatoms. The molecule has 3 aliphatic rings. The number of ether oxygens (including phenoxy) is 3. The van der Waals surface area contributed by atoms with E-state index in [0.717, 1.165) is 0 Å². The van der Waals surface area contributed by atoms with Gasteiger partial charge in [-0.25, -0.2) is 8.78 Å². The number of carbonyl (C=O) groups excluding carboxylic acids is 4. The molecular formula is C29H40F2N4O7. The number of rotatable bonds is 14. The Morgan fingerprint density at radius 1 is 1.07 bits per heavy atom. The van der Waals surface area contributed by atoms with Crippen molar-refractivity contribution in [2.24, 2.45) is 5.92 Å². The average molecular weight is 595 g/mol. The first-order chi connectivity index (χ1) is 19.9. The predicted octanol–water partition coefficient (Wildman–Crippen LogP) is 0.884. The highest BCUT2D eigenvalue weighted by Gasteiger charge is 2.53. The lowest BCUT2D eigenvalue weighted by molar-refractivity contribution is -0.137. The first kappa shape index (κ1) is 31.8. The summed E-state index contributed by atoms with van der Waals surface area (Å²) in [5.74, 6) is -4.59. The van der Waals surface area contributed by atoms with Crippen LogP contribution in [-0.4, -0.2) is 92.7 Å². The Kier molecular flexibility index (Phi) is 10.2. The van der Waals surface area contributed by atoms with Crippen LogP contribution in [0.1, 0.15) is 45.1 Å². The lowest BCUT2D eigenvalue weighted by Gasteiger charge is -2.37. The molecule has 0 bridgehead atoms. The molecule has 5 atom stereocenters. The van der Waals surface area contributed by atoms with Crippen LogP contribution < -0.4 is 26.0 Å². The zero-order valence-electron chi connectivity index (χ0n) is 24.2. The molecule has 0 radical (unpaired) electrons. The lowest BCUT2D eigenvalue weighted by atomic mass is 9.76. The number of morpholine rings is 1. The molecule has 3 fully saturated rings. The number of halogens is 2. The summed E-state index contributed by atoms with van der Waals surface area (Å²) in [6, 6.07) is 3.77. The lowest BCUT2D eigenvalue weighted by Crippen LogP contribution is -2.57. The number of hydrogen-bond acceptors (Lipinski definition) is 8. The Morgan fingerprint density at radius 3 is 2.31 bits per heavy atom. The average Bonchev–Trinajstić information content (AvgIpc) is 3.69. The highest BCUT2D eigenvalue weighted by molar-refractivity contribution is 5.98. The van der Waals surface area contributed by atoms with Crippen LogP contribution in [0.25, 0.3) is 0 Å². The topological polar surface area (TPSA) is 147 Å². The van der Waals surface area contributed by atoms with Gasteiger partial charge in [-0.15, -0.1) is 0 Å². The van der Waals surface area contributed by atoms with E-state index in [1.807, 2.05) is 0 Å². The van der Waals surface area contributed by atoms with Crippen LogP contribution in [-0.2, 0) is 35.1 Å². The zero-order valence-corrected chi connectivity index (χ0v) is 24.2. The molecule has 0 aromatic heterocycles. The Balaban J connectivity index is 1.43. The summed E-state index contributed by atoms with van der Waals surface area (Å²) < 4.78 is 43.0. The molecular weight excluding hydrogens is 554 g/mol. The molecule has 1 aromatic carbocycles. The van der Waals surface area contributed by atoms with Crippen LogP contribution in [0.15, 0.2) is 24.3 Å². The van der Waals surface area contributed by atoms with Crippen LogP contribution in [0, 0.1) is 5.92 Å². The fourth-order valence-corrected chi connectivity index (χ4v) is 5.23. The molecule has 42 heavy (non-hydrogen) atoms. The van der Waals surface area contributed by atoms with Gasteiger partial charge in [-0.2, -0.15) is 0 Å². The van der Waals surface area contributed by atoms with E-state index >= 15 is 0 Å². The Morgan fingerprint density at radius 2 is 1.74 bits per heavy atom. The predicted molar refractivity (Wildman–Crippen MR) is 147 cm³/mol. The quantitative estimate of drug-likeness (QED) is 0.232. The van der Waals surface area contributed by atoms with Crippen LogP contribution in [0.4, 0.5) is 8.78 Å². The highest BCUT2D eigenvalue weighted by atomic mass is 19.3. The Hall–Kier alpha value is -3.16. The highest BCUT2D eigenvalue weighted by Crippen LogP contribution is 2.45. The van der Waals surface area contributed by atoms with E-state index in [1.54, 1.807) is 31.2 Å². The SMILES string of the molecule is COc1ccc(C[C@H](NC(=O)[C@H](C)NC(=O)CC2CNCCO2)C(=O)N[C@@H](CC2CC(F)(F)C2)C(=O)[C@@]2(C)CO2)cc1. The summed E-state index contributed by atoms with van der Waals surface area (Å²) in [7, 11) is 1.53. The van der Waals surface area contributed by atoms with Gasteiger partial charge < -0.3 is 35.5 Å². The summed E-state index contributed by atoms with van der Waals surface area (Å²) in [6.07, 6.45) is -0.812. The van der Waals surface area contributed by atoms with E-state index in [2.05, 4.69) is 21.3 Å². The van der Waals surface area contributed by atoms with E-state index < -0.39 is 47.4 Å². The minimum atomic E-state index is -2.77. The Labute approximate surface area is 243 Å². The number of amides is 3. The van der Waals surface area contributed by atoms with E-state index in [1.165, 1.54) is 14.0 Å². The molecule has 2 aliphatic heterocycles. The smallest absolute Gasteiger partial charge is 0.248 e. The third kappa shape index (κ3) is 8.68. The molecule has 1 unspecified atom stereocenters. The molecule has 3 amide bonds. The van der Waals surface area contributed by atoms with Crippen molar-refractivity contribution in [3.63, 3.8) is 0 Å². The summed E-state index contributed by atoms with van der Waals surface area (Å²) in [6.45, 7) is 5.02. The summed E-state index contributed by atoms with van der Waals surface area (Å²) in [5, 5.41) is 11.2. The fourth-order valence-electron chi connectivity index (χ4n) is 5.23.